The number of benzene rings is 1. The van der Waals surface area contributed by atoms with E-state index in [0.717, 1.165) is 24.0 Å². The average Bonchev–Trinajstić information content (AvgIpc) is 3.14. The van der Waals surface area contributed by atoms with Crippen molar-refractivity contribution >= 4 is 29.0 Å². The van der Waals surface area contributed by atoms with Crippen LogP contribution in [0.25, 0.3) is 17.1 Å². The van der Waals surface area contributed by atoms with Crippen LogP contribution in [0.2, 0.25) is 0 Å². The molecular formula is C17H17N3O2. The Hall–Kier alpha value is -2.82. The average molecular weight is 295 g/mol. The fraction of sp³-hybridized carbons (Fsp3) is 0.176. The summed E-state index contributed by atoms with van der Waals surface area (Å²) >= 11 is 0. The molecule has 0 aliphatic carbocycles. The van der Waals surface area contributed by atoms with Crippen molar-refractivity contribution in [2.24, 2.45) is 0 Å². The highest BCUT2D eigenvalue weighted by Crippen LogP contribution is 2.20. The molecular weight excluding hydrogens is 278 g/mol. The lowest BCUT2D eigenvalue weighted by Gasteiger charge is -2.07. The minimum atomic E-state index is -0.232. The summed E-state index contributed by atoms with van der Waals surface area (Å²) < 4.78 is 7.18. The topological polar surface area (TPSA) is 60.1 Å². The molecule has 0 aliphatic rings. The molecule has 0 radical (unpaired) electrons. The highest BCUT2D eigenvalue weighted by atomic mass is 16.3. The van der Waals surface area contributed by atoms with Crippen LogP contribution in [-0.4, -0.2) is 15.5 Å². The summed E-state index contributed by atoms with van der Waals surface area (Å²) in [5.41, 5.74) is 1.90. The first-order chi connectivity index (χ1) is 10.8. The quantitative estimate of drug-likeness (QED) is 0.730. The number of carbonyl (C=O) groups excluding carboxylic acids is 1. The highest BCUT2D eigenvalue weighted by Gasteiger charge is 2.11. The maximum absolute atomic E-state index is 12.0. The molecule has 0 atom stereocenters. The Bertz CT molecular complexity index is 801. The van der Waals surface area contributed by atoms with Crippen molar-refractivity contribution in [1.82, 2.24) is 9.55 Å². The van der Waals surface area contributed by atoms with E-state index in [1.807, 2.05) is 28.8 Å². The van der Waals surface area contributed by atoms with Crippen molar-refractivity contribution in [2.45, 2.75) is 19.9 Å². The van der Waals surface area contributed by atoms with Gasteiger partial charge in [-0.05, 0) is 36.8 Å². The van der Waals surface area contributed by atoms with Gasteiger partial charge in [0, 0.05) is 12.6 Å². The van der Waals surface area contributed by atoms with Gasteiger partial charge in [0.25, 0.3) is 5.91 Å². The monoisotopic (exact) mass is 295 g/mol. The molecule has 112 valence electrons. The number of para-hydroxylation sites is 2. The van der Waals surface area contributed by atoms with Crippen LogP contribution in [0.3, 0.4) is 0 Å². The third-order valence-corrected chi connectivity index (χ3v) is 3.28. The van der Waals surface area contributed by atoms with Crippen molar-refractivity contribution in [3.8, 4) is 0 Å². The lowest BCUT2D eigenvalue weighted by molar-refractivity contribution is -0.111. The second-order valence-corrected chi connectivity index (χ2v) is 4.91. The number of furan rings is 1. The van der Waals surface area contributed by atoms with E-state index in [-0.39, 0.29) is 5.91 Å². The second-order valence-electron chi connectivity index (χ2n) is 4.91. The van der Waals surface area contributed by atoms with Gasteiger partial charge in [0.05, 0.1) is 17.3 Å². The summed E-state index contributed by atoms with van der Waals surface area (Å²) in [5, 5.41) is 2.83. The normalized spacial score (nSPS) is 11.3. The zero-order valence-corrected chi connectivity index (χ0v) is 12.3. The molecule has 1 N–H and O–H groups in total. The number of aryl methyl sites for hydroxylation is 1. The van der Waals surface area contributed by atoms with Crippen molar-refractivity contribution < 1.29 is 9.21 Å². The van der Waals surface area contributed by atoms with Crippen molar-refractivity contribution in [1.29, 1.82) is 0 Å². The van der Waals surface area contributed by atoms with Crippen LogP contribution in [0.4, 0.5) is 5.95 Å². The number of amides is 1. The Morgan fingerprint density at radius 2 is 2.18 bits per heavy atom. The van der Waals surface area contributed by atoms with Gasteiger partial charge in [-0.1, -0.05) is 19.1 Å². The lowest BCUT2D eigenvalue weighted by atomic mass is 10.3. The number of hydrogen-bond donors (Lipinski definition) is 1. The number of anilines is 1. The van der Waals surface area contributed by atoms with Crippen molar-refractivity contribution in [2.75, 3.05) is 5.32 Å². The van der Waals surface area contributed by atoms with Crippen LogP contribution in [0.5, 0.6) is 0 Å². The van der Waals surface area contributed by atoms with Crippen molar-refractivity contribution in [3.05, 3.63) is 54.5 Å². The molecule has 0 saturated carbocycles. The molecule has 3 rings (SSSR count). The molecule has 22 heavy (non-hydrogen) atoms. The molecule has 0 unspecified atom stereocenters. The van der Waals surface area contributed by atoms with Gasteiger partial charge in [0.2, 0.25) is 5.95 Å². The minimum Gasteiger partial charge on any atom is -0.465 e. The van der Waals surface area contributed by atoms with Crippen LogP contribution >= 0.6 is 0 Å². The Morgan fingerprint density at radius 3 is 2.95 bits per heavy atom. The largest absolute Gasteiger partial charge is 0.465 e. The maximum atomic E-state index is 12.0. The lowest BCUT2D eigenvalue weighted by Crippen LogP contribution is -2.13. The van der Waals surface area contributed by atoms with Gasteiger partial charge < -0.3 is 8.98 Å². The Labute approximate surface area is 128 Å². The van der Waals surface area contributed by atoms with E-state index in [0.29, 0.717) is 11.7 Å². The van der Waals surface area contributed by atoms with E-state index >= 15 is 0 Å². The molecule has 5 nitrogen and oxygen atoms in total. The molecule has 0 aliphatic heterocycles. The zero-order chi connectivity index (χ0) is 15.4. The van der Waals surface area contributed by atoms with Gasteiger partial charge in [0.1, 0.15) is 5.76 Å². The second kappa shape index (κ2) is 6.30. The highest BCUT2D eigenvalue weighted by molar-refractivity contribution is 6.01. The number of nitrogens with zero attached hydrogens (tertiary/aromatic N) is 2. The van der Waals surface area contributed by atoms with Crippen LogP contribution < -0.4 is 5.32 Å². The van der Waals surface area contributed by atoms with Crippen LogP contribution in [0.1, 0.15) is 19.1 Å². The first-order valence-corrected chi connectivity index (χ1v) is 7.26. The van der Waals surface area contributed by atoms with Gasteiger partial charge >= 0.3 is 0 Å². The molecule has 5 heteroatoms. The number of imidazole rings is 1. The van der Waals surface area contributed by atoms with Crippen LogP contribution in [0.15, 0.2) is 53.2 Å². The third kappa shape index (κ3) is 2.93. The van der Waals surface area contributed by atoms with E-state index < -0.39 is 0 Å². The summed E-state index contributed by atoms with van der Waals surface area (Å²) in [6.07, 6.45) is 5.60. The van der Waals surface area contributed by atoms with E-state index in [2.05, 4.69) is 17.2 Å². The van der Waals surface area contributed by atoms with E-state index in [1.165, 1.54) is 6.08 Å². The first-order valence-electron chi connectivity index (χ1n) is 7.26. The molecule has 0 fully saturated rings. The Balaban J connectivity index is 1.83. The number of aromatic nitrogens is 2. The predicted octanol–water partition coefficient (Wildman–Crippen LogP) is 3.69. The number of fused-ring (bicyclic) bond motifs is 1. The summed E-state index contributed by atoms with van der Waals surface area (Å²) in [5.74, 6) is 0.971. The summed E-state index contributed by atoms with van der Waals surface area (Å²) in [7, 11) is 0. The van der Waals surface area contributed by atoms with Gasteiger partial charge in [-0.2, -0.15) is 0 Å². The number of nitrogens with one attached hydrogen (secondary N) is 1. The van der Waals surface area contributed by atoms with E-state index in [4.69, 9.17) is 4.42 Å². The van der Waals surface area contributed by atoms with E-state index in [9.17, 15) is 4.79 Å². The maximum Gasteiger partial charge on any atom is 0.250 e. The predicted molar refractivity (Wildman–Crippen MR) is 86.4 cm³/mol. The SMILES string of the molecule is CCCn1c(NC(=O)/C=C/c2ccco2)nc2ccccc21. The van der Waals surface area contributed by atoms with Crippen molar-refractivity contribution in [3.63, 3.8) is 0 Å². The van der Waals surface area contributed by atoms with Crippen LogP contribution in [-0.2, 0) is 11.3 Å². The van der Waals surface area contributed by atoms with E-state index in [1.54, 1.807) is 24.5 Å². The standard InChI is InChI=1S/C17H17N3O2/c1-2-11-20-15-8-4-3-7-14(15)18-17(20)19-16(21)10-9-13-6-5-12-22-13/h3-10,12H,2,11H2,1H3,(H,18,19,21)/b10-9+. The fourth-order valence-electron chi connectivity index (χ4n) is 2.32. The smallest absolute Gasteiger partial charge is 0.250 e. The van der Waals surface area contributed by atoms with Gasteiger partial charge in [-0.3, -0.25) is 10.1 Å². The minimum absolute atomic E-state index is 0.232. The van der Waals surface area contributed by atoms with Gasteiger partial charge in [-0.15, -0.1) is 0 Å². The molecule has 2 heterocycles. The third-order valence-electron chi connectivity index (χ3n) is 3.28. The zero-order valence-electron chi connectivity index (χ0n) is 12.3. The fourth-order valence-corrected chi connectivity index (χ4v) is 2.32. The molecule has 0 spiro atoms. The number of carbonyl (C=O) groups is 1. The molecule has 2 aromatic heterocycles. The number of rotatable bonds is 5. The molecule has 3 aromatic rings. The molecule has 0 saturated heterocycles. The summed E-state index contributed by atoms with van der Waals surface area (Å²) in [6.45, 7) is 2.90. The van der Waals surface area contributed by atoms with Crippen LogP contribution in [0, 0.1) is 0 Å². The summed E-state index contributed by atoms with van der Waals surface area (Å²) in [4.78, 5) is 16.5. The summed E-state index contributed by atoms with van der Waals surface area (Å²) in [6, 6.07) is 11.4. The molecule has 1 aromatic carbocycles. The first kappa shape index (κ1) is 14.1. The Kier molecular flexibility index (Phi) is 4.05. The van der Waals surface area contributed by atoms with Gasteiger partial charge in [0.15, 0.2) is 0 Å². The molecule has 0 bridgehead atoms. The molecule has 1 amide bonds. The Morgan fingerprint density at radius 1 is 1.32 bits per heavy atom. The van der Waals surface area contributed by atoms with Gasteiger partial charge in [-0.25, -0.2) is 4.98 Å². The number of hydrogen-bond acceptors (Lipinski definition) is 3.